The van der Waals surface area contributed by atoms with Gasteiger partial charge in [-0.15, -0.1) is 0 Å². The van der Waals surface area contributed by atoms with Crippen LogP contribution in [0, 0.1) is 11.3 Å². The van der Waals surface area contributed by atoms with Crippen molar-refractivity contribution < 1.29 is 19.0 Å². The summed E-state index contributed by atoms with van der Waals surface area (Å²) in [5, 5.41) is 9.37. The van der Waals surface area contributed by atoms with E-state index in [0.29, 0.717) is 0 Å². The van der Waals surface area contributed by atoms with E-state index in [0.717, 1.165) is 57.1 Å². The smallest absolute Gasteiger partial charge is 0.349 e. The second kappa shape index (κ2) is 11.8. The zero-order chi connectivity index (χ0) is 17.8. The molecule has 0 saturated heterocycles. The van der Waals surface area contributed by atoms with Crippen molar-refractivity contribution in [2.24, 2.45) is 0 Å². The van der Waals surface area contributed by atoms with Crippen molar-refractivity contribution in [1.82, 2.24) is 0 Å². The Kier molecular flexibility index (Phi) is 10.1. The van der Waals surface area contributed by atoms with Gasteiger partial charge in [0.25, 0.3) is 0 Å². The maximum atomic E-state index is 12.2. The first-order chi connectivity index (χ1) is 11.7. The van der Waals surface area contributed by atoms with E-state index in [1.165, 1.54) is 5.57 Å². The lowest BCUT2D eigenvalue weighted by Crippen LogP contribution is -2.21. The van der Waals surface area contributed by atoms with Gasteiger partial charge in [0.05, 0.1) is 6.10 Å². The van der Waals surface area contributed by atoms with Crippen molar-refractivity contribution in [3.05, 3.63) is 22.8 Å². The van der Waals surface area contributed by atoms with E-state index in [1.807, 2.05) is 19.1 Å². The number of ether oxygens (including phenoxy) is 3. The minimum absolute atomic E-state index is 0.128. The van der Waals surface area contributed by atoms with Crippen molar-refractivity contribution in [1.29, 1.82) is 5.26 Å². The highest BCUT2D eigenvalue weighted by atomic mass is 16.6. The van der Waals surface area contributed by atoms with Gasteiger partial charge in [-0.1, -0.05) is 18.6 Å². The number of carbonyl (C=O) groups excluding carboxylic acids is 1. The standard InChI is InChI=1S/C19H29NO4/c1-4-17(23-3)14-24-19(21)18(13-20)16-10-7-9-15(12-16)8-5-6-11-22-2/h12,17H,4-11,14H2,1-3H3/b18-16-. The number of hydrogen-bond donors (Lipinski definition) is 0. The third-order valence-electron chi connectivity index (χ3n) is 4.24. The summed E-state index contributed by atoms with van der Waals surface area (Å²) in [7, 11) is 3.30. The number of rotatable bonds is 10. The third kappa shape index (κ3) is 6.86. The highest BCUT2D eigenvalue weighted by molar-refractivity contribution is 5.94. The summed E-state index contributed by atoms with van der Waals surface area (Å²) in [4.78, 5) is 12.2. The molecule has 0 aromatic rings. The van der Waals surface area contributed by atoms with E-state index >= 15 is 0 Å². The number of carbonyl (C=O) groups is 1. The van der Waals surface area contributed by atoms with Crippen molar-refractivity contribution in [3.8, 4) is 6.07 Å². The fourth-order valence-corrected chi connectivity index (χ4v) is 2.73. The molecule has 0 amide bonds. The minimum atomic E-state index is -0.542. The molecular formula is C19H29NO4. The molecule has 1 atom stereocenters. The van der Waals surface area contributed by atoms with Crippen LogP contribution in [0.5, 0.6) is 0 Å². The van der Waals surface area contributed by atoms with Gasteiger partial charge in [0.1, 0.15) is 18.2 Å². The molecule has 1 rings (SSSR count). The van der Waals surface area contributed by atoms with Crippen LogP contribution in [0.1, 0.15) is 51.9 Å². The van der Waals surface area contributed by atoms with Crippen LogP contribution in [-0.2, 0) is 19.0 Å². The number of nitrogens with zero attached hydrogens (tertiary/aromatic N) is 1. The summed E-state index contributed by atoms with van der Waals surface area (Å²) in [5.74, 6) is -0.542. The van der Waals surface area contributed by atoms with Crippen LogP contribution in [0.3, 0.4) is 0 Å². The Morgan fingerprint density at radius 3 is 2.75 bits per heavy atom. The highest BCUT2D eigenvalue weighted by Gasteiger charge is 2.19. The van der Waals surface area contributed by atoms with Gasteiger partial charge in [0, 0.05) is 20.8 Å². The minimum Gasteiger partial charge on any atom is -0.459 e. The first-order valence-electron chi connectivity index (χ1n) is 8.67. The molecule has 0 aliphatic heterocycles. The Labute approximate surface area is 145 Å². The lowest BCUT2D eigenvalue weighted by Gasteiger charge is -2.17. The third-order valence-corrected chi connectivity index (χ3v) is 4.24. The molecule has 0 saturated carbocycles. The molecule has 0 fully saturated rings. The molecule has 0 radical (unpaired) electrons. The topological polar surface area (TPSA) is 68.6 Å². The van der Waals surface area contributed by atoms with Crippen LogP contribution in [0.4, 0.5) is 0 Å². The molecule has 24 heavy (non-hydrogen) atoms. The molecule has 0 aromatic carbocycles. The number of nitriles is 1. The molecule has 5 nitrogen and oxygen atoms in total. The molecule has 0 spiro atoms. The summed E-state index contributed by atoms with van der Waals surface area (Å²) >= 11 is 0. The van der Waals surface area contributed by atoms with Gasteiger partial charge in [-0.2, -0.15) is 5.26 Å². The summed E-state index contributed by atoms with van der Waals surface area (Å²) in [6.45, 7) is 2.91. The molecule has 0 heterocycles. The number of esters is 1. The van der Waals surface area contributed by atoms with Gasteiger partial charge in [-0.3, -0.25) is 0 Å². The van der Waals surface area contributed by atoms with E-state index in [2.05, 4.69) is 0 Å². The lowest BCUT2D eigenvalue weighted by molar-refractivity contribution is -0.142. The van der Waals surface area contributed by atoms with Crippen LogP contribution in [0.15, 0.2) is 22.8 Å². The Balaban J connectivity index is 2.71. The molecule has 1 aliphatic rings. The van der Waals surface area contributed by atoms with E-state index in [-0.39, 0.29) is 18.3 Å². The SMILES string of the molecule is CCC(COC(=O)/C(C#N)=C1\C=C(CCCCOC)CCC1)OC. The Bertz CT molecular complexity index is 498. The molecule has 1 unspecified atom stereocenters. The molecular weight excluding hydrogens is 306 g/mol. The van der Waals surface area contributed by atoms with Gasteiger partial charge in [0.15, 0.2) is 0 Å². The van der Waals surface area contributed by atoms with Crippen molar-refractivity contribution in [2.75, 3.05) is 27.4 Å². The predicted octanol–water partition coefficient (Wildman–Crippen LogP) is 3.70. The van der Waals surface area contributed by atoms with Gasteiger partial charge in [-0.25, -0.2) is 4.79 Å². The maximum Gasteiger partial charge on any atom is 0.349 e. The van der Waals surface area contributed by atoms with Gasteiger partial charge in [0.2, 0.25) is 0 Å². The maximum absolute atomic E-state index is 12.2. The highest BCUT2D eigenvalue weighted by Crippen LogP contribution is 2.28. The second-order valence-corrected chi connectivity index (χ2v) is 5.98. The van der Waals surface area contributed by atoms with Crippen molar-refractivity contribution in [3.63, 3.8) is 0 Å². The first kappa shape index (κ1) is 20.4. The second-order valence-electron chi connectivity index (χ2n) is 5.98. The largest absolute Gasteiger partial charge is 0.459 e. The van der Waals surface area contributed by atoms with Crippen LogP contribution >= 0.6 is 0 Å². The van der Waals surface area contributed by atoms with Gasteiger partial charge >= 0.3 is 5.97 Å². The normalized spacial score (nSPS) is 17.7. The summed E-state index contributed by atoms with van der Waals surface area (Å²) in [6, 6.07) is 2.03. The van der Waals surface area contributed by atoms with Crippen LogP contribution in [-0.4, -0.2) is 39.5 Å². The number of hydrogen-bond acceptors (Lipinski definition) is 5. The predicted molar refractivity (Wildman–Crippen MR) is 92.3 cm³/mol. The number of unbranched alkanes of at least 4 members (excludes halogenated alkanes) is 1. The molecule has 0 N–H and O–H groups in total. The quantitative estimate of drug-likeness (QED) is 0.263. The Morgan fingerprint density at radius 1 is 1.33 bits per heavy atom. The van der Waals surface area contributed by atoms with E-state index in [1.54, 1.807) is 14.2 Å². The molecule has 0 aromatic heterocycles. The van der Waals surface area contributed by atoms with E-state index in [9.17, 15) is 10.1 Å². The monoisotopic (exact) mass is 335 g/mol. The van der Waals surface area contributed by atoms with E-state index in [4.69, 9.17) is 14.2 Å². The lowest BCUT2D eigenvalue weighted by atomic mass is 9.90. The van der Waals surface area contributed by atoms with Crippen LogP contribution < -0.4 is 0 Å². The average Bonchev–Trinajstić information content (AvgIpc) is 2.61. The fourth-order valence-electron chi connectivity index (χ4n) is 2.73. The zero-order valence-electron chi connectivity index (χ0n) is 15.1. The fraction of sp³-hybridized carbons (Fsp3) is 0.684. The first-order valence-corrected chi connectivity index (χ1v) is 8.67. The average molecular weight is 335 g/mol. The van der Waals surface area contributed by atoms with Crippen molar-refractivity contribution >= 4 is 5.97 Å². The molecule has 134 valence electrons. The Hall–Kier alpha value is -1.64. The number of allylic oxidation sites excluding steroid dienone is 3. The van der Waals surface area contributed by atoms with Crippen molar-refractivity contribution in [2.45, 2.75) is 58.0 Å². The van der Waals surface area contributed by atoms with Gasteiger partial charge < -0.3 is 14.2 Å². The van der Waals surface area contributed by atoms with Gasteiger partial charge in [-0.05, 0) is 50.5 Å². The summed E-state index contributed by atoms with van der Waals surface area (Å²) in [6.07, 6.45) is 8.48. The summed E-state index contributed by atoms with van der Waals surface area (Å²) in [5.41, 5.74) is 2.24. The summed E-state index contributed by atoms with van der Waals surface area (Å²) < 4.78 is 15.5. The molecule has 5 heteroatoms. The molecule has 0 bridgehead atoms. The Morgan fingerprint density at radius 2 is 2.12 bits per heavy atom. The van der Waals surface area contributed by atoms with E-state index < -0.39 is 5.97 Å². The van der Waals surface area contributed by atoms with Crippen LogP contribution in [0.2, 0.25) is 0 Å². The molecule has 1 aliphatic carbocycles. The van der Waals surface area contributed by atoms with Crippen LogP contribution in [0.25, 0.3) is 0 Å². The zero-order valence-corrected chi connectivity index (χ0v) is 15.1. The number of methoxy groups -OCH3 is 2.